The van der Waals surface area contributed by atoms with Gasteiger partial charge in [0.1, 0.15) is 23.9 Å². The first-order chi connectivity index (χ1) is 19.7. The number of carbonyl (C=O) groups excluding carboxylic acids is 3. The van der Waals surface area contributed by atoms with E-state index in [-0.39, 0.29) is 30.3 Å². The van der Waals surface area contributed by atoms with Crippen LogP contribution in [-0.4, -0.2) is 58.2 Å². The number of halogens is 1. The van der Waals surface area contributed by atoms with Gasteiger partial charge in [0.05, 0.1) is 6.54 Å². The SMILES string of the molecule is CC(C)(C)OC(=O)N1CC(F)CC1C(=O)N(c1ccc(C(C)(C)C)cc1)C(C(=O)NC1CCCCC1)c1cccnc1. The van der Waals surface area contributed by atoms with Crippen LogP contribution < -0.4 is 10.2 Å². The molecule has 0 radical (unpaired) electrons. The quantitative estimate of drug-likeness (QED) is 0.436. The van der Waals surface area contributed by atoms with Crippen molar-refractivity contribution in [3.63, 3.8) is 0 Å². The molecule has 42 heavy (non-hydrogen) atoms. The molecule has 9 heteroatoms. The number of benzene rings is 1. The molecule has 3 unspecified atom stereocenters. The van der Waals surface area contributed by atoms with Gasteiger partial charge in [-0.05, 0) is 62.8 Å². The first-order valence-corrected chi connectivity index (χ1v) is 15.0. The summed E-state index contributed by atoms with van der Waals surface area (Å²) in [5, 5.41) is 3.18. The standard InChI is InChI=1S/C33H45FN4O4/c1-32(2,3)23-14-16-26(17-15-23)38(30(40)27-19-24(34)21-37(27)31(41)42-33(4,5)6)28(22-11-10-18-35-20-22)29(39)36-25-12-8-7-9-13-25/h10-11,14-18,20,24-25,27-28H,7-9,12-13,19,21H2,1-6H3,(H,36,39). The highest BCUT2D eigenvalue weighted by molar-refractivity contribution is 6.05. The minimum absolute atomic E-state index is 0.00519. The Morgan fingerprint density at radius 1 is 1.02 bits per heavy atom. The molecule has 1 N–H and O–H groups in total. The van der Waals surface area contributed by atoms with Gasteiger partial charge >= 0.3 is 6.09 Å². The predicted molar refractivity (Wildman–Crippen MR) is 161 cm³/mol. The van der Waals surface area contributed by atoms with Crippen LogP contribution in [0.25, 0.3) is 0 Å². The maximum Gasteiger partial charge on any atom is 0.411 e. The zero-order valence-corrected chi connectivity index (χ0v) is 25.7. The summed E-state index contributed by atoms with van der Waals surface area (Å²) in [6.45, 7) is 11.2. The average molecular weight is 581 g/mol. The Morgan fingerprint density at radius 3 is 2.26 bits per heavy atom. The third-order valence-corrected chi connectivity index (χ3v) is 7.87. The Kier molecular flexibility index (Phi) is 9.58. The van der Waals surface area contributed by atoms with Crippen LogP contribution in [0.4, 0.5) is 14.9 Å². The molecule has 0 bridgehead atoms. The molecule has 228 valence electrons. The van der Waals surface area contributed by atoms with Crippen LogP contribution >= 0.6 is 0 Å². The number of nitrogens with one attached hydrogen (secondary N) is 1. The van der Waals surface area contributed by atoms with Crippen molar-refractivity contribution in [3.8, 4) is 0 Å². The van der Waals surface area contributed by atoms with Crippen molar-refractivity contribution >= 4 is 23.6 Å². The Hall–Kier alpha value is -3.49. The molecule has 0 spiro atoms. The summed E-state index contributed by atoms with van der Waals surface area (Å²) in [5.41, 5.74) is 1.11. The van der Waals surface area contributed by atoms with Crippen molar-refractivity contribution in [3.05, 3.63) is 59.9 Å². The number of aromatic nitrogens is 1. The minimum atomic E-state index is -1.40. The predicted octanol–water partition coefficient (Wildman–Crippen LogP) is 6.25. The lowest BCUT2D eigenvalue weighted by Gasteiger charge is -2.36. The number of pyridine rings is 1. The van der Waals surface area contributed by atoms with Gasteiger partial charge < -0.3 is 10.1 Å². The number of anilines is 1. The van der Waals surface area contributed by atoms with Gasteiger partial charge in [0, 0.05) is 36.1 Å². The Morgan fingerprint density at radius 2 is 1.69 bits per heavy atom. The molecule has 1 saturated carbocycles. The van der Waals surface area contributed by atoms with Crippen LogP contribution in [0.3, 0.4) is 0 Å². The maximum atomic E-state index is 14.9. The number of ether oxygens (including phenoxy) is 1. The van der Waals surface area contributed by atoms with Crippen molar-refractivity contribution in [2.45, 2.75) is 115 Å². The molecule has 1 aromatic carbocycles. The summed E-state index contributed by atoms with van der Waals surface area (Å²) in [6, 6.07) is 8.78. The number of alkyl halides is 1. The van der Waals surface area contributed by atoms with E-state index in [0.29, 0.717) is 11.3 Å². The zero-order valence-electron chi connectivity index (χ0n) is 25.7. The van der Waals surface area contributed by atoms with Gasteiger partial charge in [-0.15, -0.1) is 0 Å². The maximum absolute atomic E-state index is 14.9. The minimum Gasteiger partial charge on any atom is -0.444 e. The van der Waals surface area contributed by atoms with Gasteiger partial charge in [0.2, 0.25) is 5.91 Å². The summed E-state index contributed by atoms with van der Waals surface area (Å²) < 4.78 is 20.5. The van der Waals surface area contributed by atoms with E-state index in [0.717, 1.165) is 42.6 Å². The number of likely N-dealkylation sites (tertiary alicyclic amines) is 1. The molecule has 4 rings (SSSR count). The summed E-state index contributed by atoms with van der Waals surface area (Å²) in [5.74, 6) is -0.876. The lowest BCUT2D eigenvalue weighted by molar-refractivity contribution is -0.129. The highest BCUT2D eigenvalue weighted by Gasteiger charge is 2.46. The third kappa shape index (κ3) is 7.66. The van der Waals surface area contributed by atoms with Gasteiger partial charge in [-0.3, -0.25) is 24.4 Å². The summed E-state index contributed by atoms with van der Waals surface area (Å²) in [6.07, 6.45) is 5.80. The smallest absolute Gasteiger partial charge is 0.411 e. The van der Waals surface area contributed by atoms with E-state index in [1.807, 2.05) is 24.3 Å². The molecule has 1 aliphatic carbocycles. The second-order valence-electron chi connectivity index (χ2n) is 13.5. The van der Waals surface area contributed by atoms with Crippen molar-refractivity contribution in [2.24, 2.45) is 0 Å². The van der Waals surface area contributed by atoms with Crippen LogP contribution in [0.5, 0.6) is 0 Å². The highest BCUT2D eigenvalue weighted by atomic mass is 19.1. The van der Waals surface area contributed by atoms with Crippen LogP contribution in [0.1, 0.15) is 97.2 Å². The molecule has 8 nitrogen and oxygen atoms in total. The third-order valence-electron chi connectivity index (χ3n) is 7.87. The van der Waals surface area contributed by atoms with Crippen LogP contribution in [0, 0.1) is 0 Å². The molecular formula is C33H45FN4O4. The van der Waals surface area contributed by atoms with Gasteiger partial charge in [-0.25, -0.2) is 9.18 Å². The lowest BCUT2D eigenvalue weighted by Crippen LogP contribution is -2.53. The zero-order chi connectivity index (χ0) is 30.7. The molecule has 1 saturated heterocycles. The van der Waals surface area contributed by atoms with Gasteiger partial charge in [0.25, 0.3) is 5.91 Å². The fourth-order valence-electron chi connectivity index (χ4n) is 5.71. The van der Waals surface area contributed by atoms with Crippen LogP contribution in [-0.2, 0) is 19.7 Å². The fourth-order valence-corrected chi connectivity index (χ4v) is 5.71. The second-order valence-corrected chi connectivity index (χ2v) is 13.5. The van der Waals surface area contributed by atoms with Crippen molar-refractivity contribution < 1.29 is 23.5 Å². The average Bonchev–Trinajstić information content (AvgIpc) is 3.33. The topological polar surface area (TPSA) is 91.8 Å². The number of carbonyl (C=O) groups is 3. The largest absolute Gasteiger partial charge is 0.444 e. The summed E-state index contributed by atoms with van der Waals surface area (Å²) >= 11 is 0. The van der Waals surface area contributed by atoms with E-state index in [1.165, 1.54) is 4.90 Å². The monoisotopic (exact) mass is 580 g/mol. The van der Waals surface area contributed by atoms with E-state index in [9.17, 15) is 18.8 Å². The van der Waals surface area contributed by atoms with E-state index in [2.05, 4.69) is 31.1 Å². The summed E-state index contributed by atoms with van der Waals surface area (Å²) in [4.78, 5) is 48.7. The molecule has 1 aromatic heterocycles. The van der Waals surface area contributed by atoms with Crippen molar-refractivity contribution in [2.75, 3.05) is 11.4 Å². The molecule has 3 amide bonds. The number of hydrogen-bond acceptors (Lipinski definition) is 5. The van der Waals surface area contributed by atoms with E-state index < -0.39 is 35.9 Å². The van der Waals surface area contributed by atoms with Crippen LogP contribution in [0.2, 0.25) is 0 Å². The molecule has 2 heterocycles. The van der Waals surface area contributed by atoms with E-state index in [4.69, 9.17) is 4.74 Å². The molecule has 2 fully saturated rings. The number of hydrogen-bond donors (Lipinski definition) is 1. The number of nitrogens with zero attached hydrogens (tertiary/aromatic N) is 3. The number of amides is 3. The Balaban J connectivity index is 1.79. The fraction of sp³-hybridized carbons (Fsp3) is 0.576. The normalized spacial score (nSPS) is 20.6. The van der Waals surface area contributed by atoms with E-state index in [1.54, 1.807) is 45.3 Å². The van der Waals surface area contributed by atoms with Gasteiger partial charge in [-0.2, -0.15) is 0 Å². The van der Waals surface area contributed by atoms with Gasteiger partial charge in [0.15, 0.2) is 0 Å². The molecular weight excluding hydrogens is 535 g/mol. The summed E-state index contributed by atoms with van der Waals surface area (Å²) in [7, 11) is 0. The number of rotatable bonds is 6. The molecule has 2 aromatic rings. The molecule has 2 aliphatic rings. The van der Waals surface area contributed by atoms with Gasteiger partial charge in [-0.1, -0.05) is 58.2 Å². The van der Waals surface area contributed by atoms with E-state index >= 15 is 0 Å². The second kappa shape index (κ2) is 12.8. The van der Waals surface area contributed by atoms with Crippen LogP contribution in [0.15, 0.2) is 48.8 Å². The Labute approximate surface area is 249 Å². The molecule has 3 atom stereocenters. The first kappa shape index (κ1) is 31.4. The first-order valence-electron chi connectivity index (χ1n) is 15.0. The molecule has 1 aliphatic heterocycles. The van der Waals surface area contributed by atoms with Crippen molar-refractivity contribution in [1.82, 2.24) is 15.2 Å². The Bertz CT molecular complexity index is 1230. The lowest BCUT2D eigenvalue weighted by atomic mass is 9.87. The van der Waals surface area contributed by atoms with Crippen molar-refractivity contribution in [1.29, 1.82) is 0 Å². The highest BCUT2D eigenvalue weighted by Crippen LogP contribution is 2.34.